The zero-order chi connectivity index (χ0) is 17.3. The van der Waals surface area contributed by atoms with Crippen LogP contribution in [0.4, 0.5) is 0 Å². The average Bonchev–Trinajstić information content (AvgIpc) is 2.48. The molecule has 0 bridgehead atoms. The Labute approximate surface area is 141 Å². The average molecular weight is 320 g/mol. The van der Waals surface area contributed by atoms with Crippen molar-refractivity contribution in [2.24, 2.45) is 10.4 Å². The van der Waals surface area contributed by atoms with Gasteiger partial charge in [-0.15, -0.1) is 0 Å². The number of hydrogen-bond acceptors (Lipinski definition) is 3. The predicted molar refractivity (Wildman–Crippen MR) is 96.9 cm³/mol. The van der Waals surface area contributed by atoms with Crippen molar-refractivity contribution in [3.63, 3.8) is 0 Å². The molecule has 5 nitrogen and oxygen atoms in total. The van der Waals surface area contributed by atoms with E-state index in [9.17, 15) is 0 Å². The lowest BCUT2D eigenvalue weighted by Gasteiger charge is -2.28. The van der Waals surface area contributed by atoms with Gasteiger partial charge in [0.25, 0.3) is 0 Å². The van der Waals surface area contributed by atoms with Crippen molar-refractivity contribution in [1.82, 2.24) is 15.6 Å². The monoisotopic (exact) mass is 320 g/mol. The molecule has 1 atom stereocenters. The highest BCUT2D eigenvalue weighted by molar-refractivity contribution is 5.79. The molecule has 1 aromatic heterocycles. The van der Waals surface area contributed by atoms with E-state index in [1.807, 2.05) is 12.4 Å². The molecule has 1 unspecified atom stereocenters. The van der Waals surface area contributed by atoms with E-state index in [1.54, 1.807) is 7.11 Å². The maximum absolute atomic E-state index is 5.56. The minimum atomic E-state index is 0.0731. The summed E-state index contributed by atoms with van der Waals surface area (Å²) in [7, 11) is 1.75. The van der Waals surface area contributed by atoms with Crippen LogP contribution < -0.4 is 10.6 Å². The van der Waals surface area contributed by atoms with Gasteiger partial charge in [-0.2, -0.15) is 0 Å². The quantitative estimate of drug-likeness (QED) is 0.599. The summed E-state index contributed by atoms with van der Waals surface area (Å²) in [6.07, 6.45) is 4.79. The first kappa shape index (κ1) is 19.4. The molecule has 0 aliphatic carbocycles. The van der Waals surface area contributed by atoms with Gasteiger partial charge in [0, 0.05) is 32.6 Å². The molecule has 130 valence electrons. The van der Waals surface area contributed by atoms with Gasteiger partial charge in [-0.25, -0.2) is 0 Å². The van der Waals surface area contributed by atoms with E-state index in [0.29, 0.717) is 6.54 Å². The number of guanidine groups is 1. The summed E-state index contributed by atoms with van der Waals surface area (Å²) in [5, 5.41) is 6.68. The summed E-state index contributed by atoms with van der Waals surface area (Å²) in [5.74, 6) is 0.838. The second-order valence-corrected chi connectivity index (χ2v) is 6.79. The van der Waals surface area contributed by atoms with Gasteiger partial charge < -0.3 is 15.4 Å². The molecule has 0 amide bonds. The first-order valence-electron chi connectivity index (χ1n) is 8.33. The third-order valence-corrected chi connectivity index (χ3v) is 3.83. The number of rotatable bonds is 7. The van der Waals surface area contributed by atoms with Crippen molar-refractivity contribution >= 4 is 5.96 Å². The van der Waals surface area contributed by atoms with Crippen molar-refractivity contribution < 1.29 is 4.74 Å². The second kappa shape index (κ2) is 9.50. The van der Waals surface area contributed by atoms with Crippen molar-refractivity contribution in [2.45, 2.75) is 47.1 Å². The molecule has 0 aliphatic heterocycles. The molecule has 0 radical (unpaired) electrons. The smallest absolute Gasteiger partial charge is 0.191 e. The Morgan fingerprint density at radius 2 is 2.09 bits per heavy atom. The Morgan fingerprint density at radius 1 is 1.35 bits per heavy atom. The predicted octanol–water partition coefficient (Wildman–Crippen LogP) is 2.55. The van der Waals surface area contributed by atoms with E-state index >= 15 is 0 Å². The summed E-state index contributed by atoms with van der Waals surface area (Å²) in [6, 6.07) is 2.07. The minimum Gasteiger partial charge on any atom is -0.379 e. The number of aryl methyl sites for hydroxylation is 1. The highest BCUT2D eigenvalue weighted by atomic mass is 16.5. The molecular formula is C18H32N4O. The first-order valence-corrected chi connectivity index (χ1v) is 8.33. The van der Waals surface area contributed by atoms with E-state index < -0.39 is 0 Å². The fourth-order valence-electron chi connectivity index (χ4n) is 2.32. The highest BCUT2D eigenvalue weighted by Crippen LogP contribution is 2.21. The molecule has 1 rings (SSSR count). The number of nitrogens with one attached hydrogen (secondary N) is 2. The zero-order valence-electron chi connectivity index (χ0n) is 15.4. The number of ether oxygens (including phenoxy) is 1. The molecule has 0 fully saturated rings. The summed E-state index contributed by atoms with van der Waals surface area (Å²) in [4.78, 5) is 8.79. The standard InChI is InChI=1S/C18H32N4O/c1-7-20-17(22-13-16(23-6)18(3,4)5)21-11-9-15-8-10-19-12-14(15)2/h8,10,12,16H,7,9,11,13H2,1-6H3,(H2,20,21,22). The Balaban J connectivity index is 2.57. The van der Waals surface area contributed by atoms with Crippen LogP contribution in [0.3, 0.4) is 0 Å². The number of pyridine rings is 1. The lowest BCUT2D eigenvalue weighted by atomic mass is 9.89. The summed E-state index contributed by atoms with van der Waals surface area (Å²) in [5.41, 5.74) is 2.61. The van der Waals surface area contributed by atoms with Crippen molar-refractivity contribution in [2.75, 3.05) is 26.7 Å². The van der Waals surface area contributed by atoms with Gasteiger partial charge in [0.2, 0.25) is 0 Å². The Bertz CT molecular complexity index is 494. The van der Waals surface area contributed by atoms with Crippen LogP contribution in [0, 0.1) is 12.3 Å². The van der Waals surface area contributed by atoms with Gasteiger partial charge in [0.15, 0.2) is 5.96 Å². The largest absolute Gasteiger partial charge is 0.379 e. The van der Waals surface area contributed by atoms with Gasteiger partial charge in [0.05, 0.1) is 12.6 Å². The van der Waals surface area contributed by atoms with Gasteiger partial charge in [-0.1, -0.05) is 20.8 Å². The zero-order valence-corrected chi connectivity index (χ0v) is 15.4. The molecule has 0 saturated carbocycles. The van der Waals surface area contributed by atoms with Crippen LogP contribution in [0.25, 0.3) is 0 Å². The second-order valence-electron chi connectivity index (χ2n) is 6.79. The van der Waals surface area contributed by atoms with Crippen LogP contribution >= 0.6 is 0 Å². The third kappa shape index (κ3) is 6.99. The lowest BCUT2D eigenvalue weighted by molar-refractivity contribution is 0.0241. The number of aromatic nitrogens is 1. The van der Waals surface area contributed by atoms with Crippen LogP contribution in [0.2, 0.25) is 0 Å². The summed E-state index contributed by atoms with van der Waals surface area (Å²) < 4.78 is 5.56. The van der Waals surface area contributed by atoms with E-state index in [1.165, 1.54) is 11.1 Å². The van der Waals surface area contributed by atoms with Crippen molar-refractivity contribution in [1.29, 1.82) is 0 Å². The molecule has 5 heteroatoms. The summed E-state index contributed by atoms with van der Waals surface area (Å²) in [6.45, 7) is 13.0. The molecule has 0 saturated heterocycles. The van der Waals surface area contributed by atoms with Crippen LogP contribution in [0.5, 0.6) is 0 Å². The Kier molecular flexibility index (Phi) is 8.03. The van der Waals surface area contributed by atoms with E-state index in [-0.39, 0.29) is 11.5 Å². The maximum Gasteiger partial charge on any atom is 0.191 e. The molecule has 0 aliphatic rings. The van der Waals surface area contributed by atoms with Gasteiger partial charge >= 0.3 is 0 Å². The molecule has 1 aromatic rings. The topological polar surface area (TPSA) is 58.5 Å². The molecule has 0 spiro atoms. The van der Waals surface area contributed by atoms with Gasteiger partial charge in [0.1, 0.15) is 0 Å². The molecular weight excluding hydrogens is 288 g/mol. The van der Waals surface area contributed by atoms with Crippen LogP contribution in [0.15, 0.2) is 23.5 Å². The van der Waals surface area contributed by atoms with Crippen molar-refractivity contribution in [3.8, 4) is 0 Å². The maximum atomic E-state index is 5.56. The Morgan fingerprint density at radius 3 is 2.65 bits per heavy atom. The van der Waals surface area contributed by atoms with E-state index in [2.05, 4.69) is 61.3 Å². The number of hydrogen-bond donors (Lipinski definition) is 2. The van der Waals surface area contributed by atoms with E-state index in [0.717, 1.165) is 25.5 Å². The number of aliphatic imine (C=N–C) groups is 1. The van der Waals surface area contributed by atoms with Crippen LogP contribution in [-0.4, -0.2) is 43.8 Å². The highest BCUT2D eigenvalue weighted by Gasteiger charge is 2.24. The number of methoxy groups -OCH3 is 1. The fraction of sp³-hybridized carbons (Fsp3) is 0.667. The van der Waals surface area contributed by atoms with Crippen molar-refractivity contribution in [3.05, 3.63) is 29.6 Å². The van der Waals surface area contributed by atoms with Crippen LogP contribution in [0.1, 0.15) is 38.8 Å². The molecule has 2 N–H and O–H groups in total. The normalized spacial score (nSPS) is 13.7. The minimum absolute atomic E-state index is 0.0731. The SMILES string of the molecule is CCNC(=NCC(OC)C(C)(C)C)NCCc1ccncc1C. The fourth-order valence-corrected chi connectivity index (χ4v) is 2.32. The van der Waals surface area contributed by atoms with Gasteiger partial charge in [-0.3, -0.25) is 9.98 Å². The van der Waals surface area contributed by atoms with Gasteiger partial charge in [-0.05, 0) is 42.9 Å². The molecule has 23 heavy (non-hydrogen) atoms. The first-order chi connectivity index (χ1) is 10.9. The summed E-state index contributed by atoms with van der Waals surface area (Å²) >= 11 is 0. The molecule has 1 heterocycles. The van der Waals surface area contributed by atoms with Crippen LogP contribution in [-0.2, 0) is 11.2 Å². The molecule has 0 aromatic carbocycles. The van der Waals surface area contributed by atoms with E-state index in [4.69, 9.17) is 4.74 Å². The Hall–Kier alpha value is -1.62. The third-order valence-electron chi connectivity index (χ3n) is 3.83. The lowest BCUT2D eigenvalue weighted by Crippen LogP contribution is -2.40. The number of nitrogens with zero attached hydrogens (tertiary/aromatic N) is 2.